The Bertz CT molecular complexity index is 212. The molecule has 0 aromatic heterocycles. The minimum absolute atomic E-state index is 0.629. The Morgan fingerprint density at radius 1 is 1.28 bits per heavy atom. The molecule has 3 heteroatoms. The highest BCUT2D eigenvalue weighted by Crippen LogP contribution is 2.17. The molecule has 0 aromatic carbocycles. The minimum atomic E-state index is 0.629. The van der Waals surface area contributed by atoms with Gasteiger partial charge in [0.1, 0.15) is 0 Å². The van der Waals surface area contributed by atoms with Gasteiger partial charge in [-0.2, -0.15) is 0 Å². The summed E-state index contributed by atoms with van der Waals surface area (Å²) < 4.78 is 0. The van der Waals surface area contributed by atoms with Gasteiger partial charge in [-0.1, -0.05) is 27.2 Å². The van der Waals surface area contributed by atoms with Gasteiger partial charge in [0.05, 0.1) is 0 Å². The second-order valence-electron chi connectivity index (χ2n) is 5.89. The van der Waals surface area contributed by atoms with E-state index in [1.807, 2.05) is 0 Å². The molecule has 0 spiro atoms. The van der Waals surface area contributed by atoms with Crippen LogP contribution >= 0.6 is 0 Å². The summed E-state index contributed by atoms with van der Waals surface area (Å²) in [5.41, 5.74) is 0. The highest BCUT2D eigenvalue weighted by molar-refractivity contribution is 4.82. The highest BCUT2D eigenvalue weighted by Gasteiger charge is 2.24. The average Bonchev–Trinajstić information content (AvgIpc) is 2.43. The van der Waals surface area contributed by atoms with Gasteiger partial charge in [-0.25, -0.2) is 0 Å². The Morgan fingerprint density at radius 2 is 1.89 bits per heavy atom. The van der Waals surface area contributed by atoms with Gasteiger partial charge in [0.25, 0.3) is 0 Å². The maximum Gasteiger partial charge on any atom is 0.0217 e. The monoisotopic (exact) mass is 255 g/mol. The van der Waals surface area contributed by atoms with Crippen LogP contribution in [0.25, 0.3) is 0 Å². The van der Waals surface area contributed by atoms with E-state index < -0.39 is 0 Å². The van der Waals surface area contributed by atoms with Crippen molar-refractivity contribution in [3.05, 3.63) is 0 Å². The first kappa shape index (κ1) is 15.9. The van der Waals surface area contributed by atoms with Crippen molar-refractivity contribution in [3.8, 4) is 0 Å². The Hall–Kier alpha value is -0.120. The average molecular weight is 255 g/mol. The zero-order chi connectivity index (χ0) is 13.5. The number of likely N-dealkylation sites (tertiary alicyclic amines) is 1. The van der Waals surface area contributed by atoms with Crippen LogP contribution in [-0.4, -0.2) is 62.2 Å². The molecule has 2 atom stereocenters. The predicted molar refractivity (Wildman–Crippen MR) is 80.1 cm³/mol. The fraction of sp³-hybridized carbons (Fsp3) is 1.00. The lowest BCUT2D eigenvalue weighted by molar-refractivity contribution is 0.117. The van der Waals surface area contributed by atoms with E-state index in [1.165, 1.54) is 45.4 Å². The highest BCUT2D eigenvalue weighted by atomic mass is 15.2. The maximum atomic E-state index is 3.49. The van der Waals surface area contributed by atoms with Crippen molar-refractivity contribution in [2.75, 3.05) is 40.3 Å². The number of piperidine rings is 1. The first-order chi connectivity index (χ1) is 8.62. The molecule has 1 aliphatic heterocycles. The topological polar surface area (TPSA) is 18.5 Å². The molecule has 108 valence electrons. The molecule has 18 heavy (non-hydrogen) atoms. The van der Waals surface area contributed by atoms with Crippen molar-refractivity contribution in [2.24, 2.45) is 5.92 Å². The van der Waals surface area contributed by atoms with Gasteiger partial charge >= 0.3 is 0 Å². The third-order valence-corrected chi connectivity index (χ3v) is 4.81. The van der Waals surface area contributed by atoms with Gasteiger partial charge in [0.2, 0.25) is 0 Å². The van der Waals surface area contributed by atoms with E-state index in [0.717, 1.165) is 12.0 Å². The maximum absolute atomic E-state index is 3.49. The lowest BCUT2D eigenvalue weighted by Gasteiger charge is -2.38. The quantitative estimate of drug-likeness (QED) is 0.751. The standard InChI is InChI=1S/C15H33N3/c1-6-13(3)15(16-4)12-17(5)14-8-10-18(7-2)11-9-14/h13-16H,6-12H2,1-5H3. The second-order valence-corrected chi connectivity index (χ2v) is 5.89. The molecule has 1 rings (SSSR count). The molecule has 1 N–H and O–H groups in total. The van der Waals surface area contributed by atoms with Gasteiger partial charge in [-0.15, -0.1) is 0 Å². The Kier molecular flexibility index (Phi) is 7.20. The van der Waals surface area contributed by atoms with Crippen molar-refractivity contribution in [1.29, 1.82) is 0 Å². The van der Waals surface area contributed by atoms with Crippen molar-refractivity contribution in [3.63, 3.8) is 0 Å². The van der Waals surface area contributed by atoms with Crippen LogP contribution in [0.4, 0.5) is 0 Å². The normalized spacial score (nSPS) is 22.3. The first-order valence-corrected chi connectivity index (χ1v) is 7.72. The molecule has 0 aliphatic carbocycles. The van der Waals surface area contributed by atoms with Gasteiger partial charge in [0, 0.05) is 18.6 Å². The molecule has 1 saturated heterocycles. The van der Waals surface area contributed by atoms with Crippen molar-refractivity contribution >= 4 is 0 Å². The Morgan fingerprint density at radius 3 is 2.33 bits per heavy atom. The fourth-order valence-electron chi connectivity index (χ4n) is 2.98. The molecular weight excluding hydrogens is 222 g/mol. The number of nitrogens with zero attached hydrogens (tertiary/aromatic N) is 2. The molecule has 2 unspecified atom stereocenters. The van der Waals surface area contributed by atoms with E-state index in [2.05, 4.69) is 50.0 Å². The van der Waals surface area contributed by atoms with Gasteiger partial charge in [0.15, 0.2) is 0 Å². The fourth-order valence-corrected chi connectivity index (χ4v) is 2.98. The minimum Gasteiger partial charge on any atom is -0.315 e. The SMILES string of the molecule is CCC(C)C(CN(C)C1CCN(CC)CC1)NC. The number of hydrogen-bond donors (Lipinski definition) is 1. The van der Waals surface area contributed by atoms with Crippen LogP contribution in [-0.2, 0) is 0 Å². The van der Waals surface area contributed by atoms with Crippen molar-refractivity contribution in [2.45, 2.75) is 52.1 Å². The molecule has 1 aliphatic rings. The summed E-state index contributed by atoms with van der Waals surface area (Å²) in [5, 5.41) is 3.49. The van der Waals surface area contributed by atoms with Crippen molar-refractivity contribution in [1.82, 2.24) is 15.1 Å². The summed E-state index contributed by atoms with van der Waals surface area (Å²) in [7, 11) is 4.41. The Balaban J connectivity index is 2.38. The molecule has 0 aromatic rings. The van der Waals surface area contributed by atoms with Crippen LogP contribution in [0.5, 0.6) is 0 Å². The summed E-state index contributed by atoms with van der Waals surface area (Å²) in [4.78, 5) is 5.15. The number of rotatable bonds is 7. The molecule has 0 bridgehead atoms. The van der Waals surface area contributed by atoms with E-state index in [9.17, 15) is 0 Å². The summed E-state index contributed by atoms with van der Waals surface area (Å²) >= 11 is 0. The molecule has 0 radical (unpaired) electrons. The predicted octanol–water partition coefficient (Wildman–Crippen LogP) is 2.04. The largest absolute Gasteiger partial charge is 0.315 e. The summed E-state index contributed by atoms with van der Waals surface area (Å²) in [5.74, 6) is 0.758. The second kappa shape index (κ2) is 8.13. The van der Waals surface area contributed by atoms with E-state index in [-0.39, 0.29) is 0 Å². The van der Waals surface area contributed by atoms with E-state index in [0.29, 0.717) is 6.04 Å². The van der Waals surface area contributed by atoms with Gasteiger partial charge < -0.3 is 15.1 Å². The zero-order valence-corrected chi connectivity index (χ0v) is 13.1. The zero-order valence-electron chi connectivity index (χ0n) is 13.1. The third kappa shape index (κ3) is 4.52. The molecule has 1 fully saturated rings. The van der Waals surface area contributed by atoms with E-state index >= 15 is 0 Å². The third-order valence-electron chi connectivity index (χ3n) is 4.81. The van der Waals surface area contributed by atoms with Gasteiger partial charge in [-0.05, 0) is 52.5 Å². The summed E-state index contributed by atoms with van der Waals surface area (Å²) in [6, 6.07) is 1.41. The molecule has 0 amide bonds. The number of hydrogen-bond acceptors (Lipinski definition) is 3. The number of nitrogens with one attached hydrogen (secondary N) is 1. The van der Waals surface area contributed by atoms with Crippen LogP contribution in [0.3, 0.4) is 0 Å². The molecule has 0 saturated carbocycles. The van der Waals surface area contributed by atoms with Gasteiger partial charge in [-0.3, -0.25) is 0 Å². The van der Waals surface area contributed by atoms with Crippen LogP contribution in [0.1, 0.15) is 40.0 Å². The summed E-state index contributed by atoms with van der Waals surface area (Å²) in [6.45, 7) is 11.9. The van der Waals surface area contributed by atoms with E-state index in [4.69, 9.17) is 0 Å². The van der Waals surface area contributed by atoms with Crippen LogP contribution < -0.4 is 5.32 Å². The summed E-state index contributed by atoms with van der Waals surface area (Å²) in [6.07, 6.45) is 3.93. The first-order valence-electron chi connectivity index (χ1n) is 7.72. The molecular formula is C15H33N3. The number of likely N-dealkylation sites (N-methyl/N-ethyl adjacent to an activating group) is 2. The Labute approximate surface area is 114 Å². The lowest BCUT2D eigenvalue weighted by Crippen LogP contribution is -2.49. The smallest absolute Gasteiger partial charge is 0.0217 e. The van der Waals surface area contributed by atoms with Crippen LogP contribution in [0.15, 0.2) is 0 Å². The van der Waals surface area contributed by atoms with E-state index in [1.54, 1.807) is 0 Å². The van der Waals surface area contributed by atoms with Crippen LogP contribution in [0.2, 0.25) is 0 Å². The molecule has 1 heterocycles. The lowest BCUT2D eigenvalue weighted by atomic mass is 9.97. The van der Waals surface area contributed by atoms with Crippen molar-refractivity contribution < 1.29 is 0 Å². The molecule has 3 nitrogen and oxygen atoms in total. The van der Waals surface area contributed by atoms with Crippen LogP contribution in [0, 0.1) is 5.92 Å².